The highest BCUT2D eigenvalue weighted by Gasteiger charge is 2.14. The largest absolute Gasteiger partial charge is 0.309 e. The Labute approximate surface area is 144 Å². The lowest BCUT2D eigenvalue weighted by atomic mass is 10.0. The molecule has 1 heterocycles. The Kier molecular flexibility index (Phi) is 3.31. The maximum absolute atomic E-state index is 3.61. The van der Waals surface area contributed by atoms with Crippen LogP contribution in [-0.2, 0) is 0 Å². The third-order valence-corrected chi connectivity index (χ3v) is 5.40. The molecule has 4 aromatic rings. The molecule has 23 heavy (non-hydrogen) atoms. The molecule has 0 saturated heterocycles. The number of hydrogen-bond donors (Lipinski definition) is 0. The summed E-state index contributed by atoms with van der Waals surface area (Å²) in [5, 5.41) is 2.58. The Morgan fingerprint density at radius 3 is 2.30 bits per heavy atom. The van der Waals surface area contributed by atoms with Crippen LogP contribution in [0, 0.1) is 20.8 Å². The summed E-state index contributed by atoms with van der Waals surface area (Å²) in [6, 6.07) is 19.6. The number of fused-ring (bicyclic) bond motifs is 3. The average molecular weight is 364 g/mol. The normalized spacial score (nSPS) is 11.5. The van der Waals surface area contributed by atoms with Crippen LogP contribution in [0.25, 0.3) is 27.5 Å². The van der Waals surface area contributed by atoms with E-state index in [9.17, 15) is 0 Å². The number of aromatic nitrogens is 1. The van der Waals surface area contributed by atoms with Gasteiger partial charge < -0.3 is 4.57 Å². The number of rotatable bonds is 1. The highest BCUT2D eigenvalue weighted by molar-refractivity contribution is 9.10. The predicted octanol–water partition coefficient (Wildman–Crippen LogP) is 6.47. The van der Waals surface area contributed by atoms with Crippen LogP contribution in [0.2, 0.25) is 0 Å². The molecule has 114 valence electrons. The molecule has 0 aliphatic rings. The van der Waals surface area contributed by atoms with Gasteiger partial charge in [-0.2, -0.15) is 0 Å². The summed E-state index contributed by atoms with van der Waals surface area (Å²) in [5.74, 6) is 0. The quantitative estimate of drug-likeness (QED) is 0.365. The first-order chi connectivity index (χ1) is 11.1. The number of aryl methyl sites for hydroxylation is 1. The first kappa shape index (κ1) is 14.5. The van der Waals surface area contributed by atoms with Crippen molar-refractivity contribution < 1.29 is 0 Å². The molecule has 0 amide bonds. The standard InChI is InChI=1S/C21H18BrN/c1-13-8-10-19(15(3)14(13)2)23-20-7-5-4-6-17(20)18-12-16(22)9-11-21(18)23/h4-12H,1-3H3. The molecule has 0 atom stereocenters. The first-order valence-corrected chi connectivity index (χ1v) is 8.63. The van der Waals surface area contributed by atoms with Gasteiger partial charge in [0.25, 0.3) is 0 Å². The highest BCUT2D eigenvalue weighted by Crippen LogP contribution is 2.35. The van der Waals surface area contributed by atoms with Gasteiger partial charge in [0.2, 0.25) is 0 Å². The lowest BCUT2D eigenvalue weighted by Crippen LogP contribution is -1.99. The van der Waals surface area contributed by atoms with Crippen LogP contribution in [0.1, 0.15) is 16.7 Å². The molecule has 0 fully saturated rings. The van der Waals surface area contributed by atoms with Crippen LogP contribution in [0.15, 0.2) is 59.1 Å². The Hall–Kier alpha value is -2.06. The molecule has 0 unspecified atom stereocenters. The zero-order valence-corrected chi connectivity index (χ0v) is 15.1. The van der Waals surface area contributed by atoms with Gasteiger partial charge in [-0.15, -0.1) is 0 Å². The molecule has 0 saturated carbocycles. The van der Waals surface area contributed by atoms with Gasteiger partial charge in [-0.3, -0.25) is 0 Å². The molecule has 0 spiro atoms. The summed E-state index contributed by atoms with van der Waals surface area (Å²) in [5.41, 5.74) is 7.82. The second-order valence-corrected chi connectivity index (χ2v) is 7.08. The number of para-hydroxylation sites is 1. The fourth-order valence-corrected chi connectivity index (χ4v) is 3.75. The van der Waals surface area contributed by atoms with E-state index in [1.54, 1.807) is 0 Å². The summed E-state index contributed by atoms with van der Waals surface area (Å²) in [6.07, 6.45) is 0. The Morgan fingerprint density at radius 1 is 0.739 bits per heavy atom. The van der Waals surface area contributed by atoms with Gasteiger partial charge in [0.15, 0.2) is 0 Å². The van der Waals surface area contributed by atoms with Gasteiger partial charge >= 0.3 is 0 Å². The van der Waals surface area contributed by atoms with Crippen molar-refractivity contribution in [3.63, 3.8) is 0 Å². The zero-order valence-electron chi connectivity index (χ0n) is 13.5. The molecular weight excluding hydrogens is 346 g/mol. The van der Waals surface area contributed by atoms with E-state index in [-0.39, 0.29) is 0 Å². The Balaban J connectivity index is 2.20. The molecule has 0 N–H and O–H groups in total. The van der Waals surface area contributed by atoms with E-state index in [4.69, 9.17) is 0 Å². The SMILES string of the molecule is Cc1ccc(-n2c3ccccc3c3cc(Br)ccc32)c(C)c1C. The minimum atomic E-state index is 1.12. The third-order valence-electron chi connectivity index (χ3n) is 4.90. The molecule has 0 aliphatic carbocycles. The first-order valence-electron chi connectivity index (χ1n) is 7.84. The Bertz CT molecular complexity index is 1060. The van der Waals surface area contributed by atoms with E-state index < -0.39 is 0 Å². The monoisotopic (exact) mass is 363 g/mol. The third kappa shape index (κ3) is 2.13. The molecular formula is C21H18BrN. The van der Waals surface area contributed by atoms with Gasteiger partial charge in [0.1, 0.15) is 0 Å². The highest BCUT2D eigenvalue weighted by atomic mass is 79.9. The second kappa shape index (κ2) is 5.24. The van der Waals surface area contributed by atoms with Gasteiger partial charge in [-0.1, -0.05) is 40.2 Å². The van der Waals surface area contributed by atoms with Crippen LogP contribution < -0.4 is 0 Å². The summed E-state index contributed by atoms with van der Waals surface area (Å²) in [4.78, 5) is 0. The van der Waals surface area contributed by atoms with Crippen molar-refractivity contribution >= 4 is 37.7 Å². The van der Waals surface area contributed by atoms with Crippen LogP contribution >= 0.6 is 15.9 Å². The van der Waals surface area contributed by atoms with E-state index in [2.05, 4.69) is 95.9 Å². The van der Waals surface area contributed by atoms with Crippen molar-refractivity contribution in [1.82, 2.24) is 4.57 Å². The van der Waals surface area contributed by atoms with Crippen LogP contribution in [0.5, 0.6) is 0 Å². The van der Waals surface area contributed by atoms with Crippen molar-refractivity contribution in [3.05, 3.63) is 75.8 Å². The molecule has 0 bridgehead atoms. The summed E-state index contributed by atoms with van der Waals surface area (Å²) in [7, 11) is 0. The maximum atomic E-state index is 3.61. The lowest BCUT2D eigenvalue weighted by Gasteiger charge is -2.14. The van der Waals surface area contributed by atoms with Crippen LogP contribution in [-0.4, -0.2) is 4.57 Å². The lowest BCUT2D eigenvalue weighted by molar-refractivity contribution is 1.12. The average Bonchev–Trinajstić information content (AvgIpc) is 2.87. The minimum Gasteiger partial charge on any atom is -0.309 e. The summed E-state index contributed by atoms with van der Waals surface area (Å²) in [6.45, 7) is 6.60. The van der Waals surface area contributed by atoms with Crippen LogP contribution in [0.4, 0.5) is 0 Å². The predicted molar refractivity (Wildman–Crippen MR) is 103 cm³/mol. The van der Waals surface area contributed by atoms with E-state index in [0.717, 1.165) is 4.47 Å². The molecule has 1 nitrogen and oxygen atoms in total. The van der Waals surface area contributed by atoms with Crippen molar-refractivity contribution in [2.45, 2.75) is 20.8 Å². The van der Waals surface area contributed by atoms with Gasteiger partial charge in [-0.05, 0) is 67.8 Å². The van der Waals surface area contributed by atoms with Crippen molar-refractivity contribution in [3.8, 4) is 5.69 Å². The number of nitrogens with zero attached hydrogens (tertiary/aromatic N) is 1. The van der Waals surface area contributed by atoms with E-state index >= 15 is 0 Å². The Morgan fingerprint density at radius 2 is 1.48 bits per heavy atom. The fraction of sp³-hybridized carbons (Fsp3) is 0.143. The summed E-state index contributed by atoms with van der Waals surface area (Å²) < 4.78 is 3.50. The smallest absolute Gasteiger partial charge is 0.0541 e. The summed E-state index contributed by atoms with van der Waals surface area (Å²) >= 11 is 3.61. The molecule has 1 aromatic heterocycles. The van der Waals surface area contributed by atoms with Gasteiger partial charge in [-0.25, -0.2) is 0 Å². The fourth-order valence-electron chi connectivity index (χ4n) is 3.39. The molecule has 4 rings (SSSR count). The molecule has 2 heteroatoms. The van der Waals surface area contributed by atoms with Crippen molar-refractivity contribution in [2.75, 3.05) is 0 Å². The topological polar surface area (TPSA) is 4.93 Å². The van der Waals surface area contributed by atoms with E-state index in [0.29, 0.717) is 0 Å². The minimum absolute atomic E-state index is 1.12. The van der Waals surface area contributed by atoms with Crippen LogP contribution in [0.3, 0.4) is 0 Å². The number of hydrogen-bond acceptors (Lipinski definition) is 0. The zero-order chi connectivity index (χ0) is 16.1. The van der Waals surface area contributed by atoms with Crippen molar-refractivity contribution in [2.24, 2.45) is 0 Å². The number of benzene rings is 3. The number of halogens is 1. The maximum Gasteiger partial charge on any atom is 0.0541 e. The molecule has 3 aromatic carbocycles. The molecule has 0 aliphatic heterocycles. The van der Waals surface area contributed by atoms with E-state index in [1.165, 1.54) is 44.2 Å². The van der Waals surface area contributed by atoms with Gasteiger partial charge in [0.05, 0.1) is 11.0 Å². The van der Waals surface area contributed by atoms with E-state index in [1.807, 2.05) is 0 Å². The molecule has 0 radical (unpaired) electrons. The van der Waals surface area contributed by atoms with Crippen molar-refractivity contribution in [1.29, 1.82) is 0 Å². The second-order valence-electron chi connectivity index (χ2n) is 6.17. The van der Waals surface area contributed by atoms with Gasteiger partial charge in [0, 0.05) is 20.9 Å².